The summed E-state index contributed by atoms with van der Waals surface area (Å²) in [5, 5.41) is 3.23. The van der Waals surface area contributed by atoms with Crippen LogP contribution in [0.25, 0.3) is 0 Å². The van der Waals surface area contributed by atoms with Gasteiger partial charge in [-0.1, -0.05) is 6.07 Å². The van der Waals surface area contributed by atoms with E-state index in [9.17, 15) is 4.39 Å². The van der Waals surface area contributed by atoms with Crippen LogP contribution < -0.4 is 5.32 Å². The molecule has 2 rings (SSSR count). The molecule has 17 heavy (non-hydrogen) atoms. The molecule has 1 aromatic heterocycles. The summed E-state index contributed by atoms with van der Waals surface area (Å²) in [5.74, 6) is 0.729. The Morgan fingerprint density at radius 2 is 2.29 bits per heavy atom. The molecule has 1 unspecified atom stereocenters. The summed E-state index contributed by atoms with van der Waals surface area (Å²) in [4.78, 5) is 7.28. The average molecular weight is 233 g/mol. The van der Waals surface area contributed by atoms with Crippen LogP contribution in [0.1, 0.15) is 23.0 Å². The molecule has 0 spiro atoms. The highest BCUT2D eigenvalue weighted by atomic mass is 19.1. The predicted octanol–water partition coefficient (Wildman–Crippen LogP) is 2.36. The smallest absolute Gasteiger partial charge is 0.123 e. The number of rotatable bonds is 4. The first kappa shape index (κ1) is 11.8. The van der Waals surface area contributed by atoms with Crippen molar-refractivity contribution in [3.8, 4) is 0 Å². The first-order valence-corrected chi connectivity index (χ1v) is 5.62. The number of hydrogen-bond donors (Lipinski definition) is 2. The number of imidazole rings is 1. The van der Waals surface area contributed by atoms with Gasteiger partial charge in [0.1, 0.15) is 11.6 Å². The van der Waals surface area contributed by atoms with Crippen molar-refractivity contribution in [1.82, 2.24) is 15.3 Å². The minimum Gasteiger partial charge on any atom is -0.349 e. The van der Waals surface area contributed by atoms with E-state index in [0.29, 0.717) is 0 Å². The summed E-state index contributed by atoms with van der Waals surface area (Å²) in [6, 6.07) is 5.02. The monoisotopic (exact) mass is 233 g/mol. The molecule has 90 valence electrons. The number of aromatic amines is 1. The molecular formula is C13H16FN3. The molecule has 0 saturated carbocycles. The Labute approximate surface area is 100 Å². The lowest BCUT2D eigenvalue weighted by Gasteiger charge is -2.17. The van der Waals surface area contributed by atoms with Crippen molar-refractivity contribution in [3.05, 3.63) is 53.4 Å². The van der Waals surface area contributed by atoms with Crippen molar-refractivity contribution in [2.24, 2.45) is 0 Å². The Morgan fingerprint density at radius 3 is 2.88 bits per heavy atom. The lowest BCUT2D eigenvalue weighted by Crippen LogP contribution is -2.20. The van der Waals surface area contributed by atoms with Crippen LogP contribution in [0.4, 0.5) is 4.39 Å². The van der Waals surface area contributed by atoms with Crippen LogP contribution in [0.5, 0.6) is 0 Å². The fraction of sp³-hybridized carbons (Fsp3) is 0.308. The highest BCUT2D eigenvalue weighted by Crippen LogP contribution is 2.21. The van der Waals surface area contributed by atoms with Crippen LogP contribution in [0.15, 0.2) is 30.6 Å². The number of hydrogen-bond acceptors (Lipinski definition) is 2. The standard InChI is InChI=1S/C13H16FN3/c1-9-7-10(14)3-4-11(9)12(15-2)8-13-16-5-6-17-13/h3-7,12,15H,8H2,1-2H3,(H,16,17). The van der Waals surface area contributed by atoms with Crippen LogP contribution in [0.3, 0.4) is 0 Å². The Hall–Kier alpha value is -1.68. The minimum absolute atomic E-state index is 0.141. The summed E-state index contributed by atoms with van der Waals surface area (Å²) in [6.07, 6.45) is 4.30. The van der Waals surface area contributed by atoms with Gasteiger partial charge in [-0.2, -0.15) is 0 Å². The molecule has 4 heteroatoms. The number of aryl methyl sites for hydroxylation is 1. The summed E-state index contributed by atoms with van der Waals surface area (Å²) in [5.41, 5.74) is 2.06. The number of aromatic nitrogens is 2. The van der Waals surface area contributed by atoms with Crippen LogP contribution in [0.2, 0.25) is 0 Å². The summed E-state index contributed by atoms with van der Waals surface area (Å²) in [7, 11) is 1.90. The number of nitrogens with zero attached hydrogens (tertiary/aromatic N) is 1. The number of H-pyrrole nitrogens is 1. The Bertz CT molecular complexity index is 479. The molecule has 0 radical (unpaired) electrons. The van der Waals surface area contributed by atoms with Crippen molar-refractivity contribution in [2.45, 2.75) is 19.4 Å². The highest BCUT2D eigenvalue weighted by Gasteiger charge is 2.14. The van der Waals surface area contributed by atoms with E-state index < -0.39 is 0 Å². The van der Waals surface area contributed by atoms with E-state index in [1.165, 1.54) is 6.07 Å². The third-order valence-corrected chi connectivity index (χ3v) is 2.91. The molecule has 0 saturated heterocycles. The van der Waals surface area contributed by atoms with E-state index in [2.05, 4.69) is 15.3 Å². The van der Waals surface area contributed by atoms with Gasteiger partial charge in [-0.15, -0.1) is 0 Å². The number of nitrogens with one attached hydrogen (secondary N) is 2. The quantitative estimate of drug-likeness (QED) is 0.851. The Balaban J connectivity index is 2.23. The number of benzene rings is 1. The largest absolute Gasteiger partial charge is 0.349 e. The molecular weight excluding hydrogens is 217 g/mol. The molecule has 0 bridgehead atoms. The van der Waals surface area contributed by atoms with E-state index in [-0.39, 0.29) is 11.9 Å². The molecule has 0 fully saturated rings. The Morgan fingerprint density at radius 1 is 1.47 bits per heavy atom. The van der Waals surface area contributed by atoms with Gasteiger partial charge in [-0.3, -0.25) is 0 Å². The lowest BCUT2D eigenvalue weighted by molar-refractivity contribution is 0.570. The van der Waals surface area contributed by atoms with Crippen molar-refractivity contribution >= 4 is 0 Å². The second-order valence-electron chi connectivity index (χ2n) is 4.08. The summed E-state index contributed by atoms with van der Waals surface area (Å²) in [6.45, 7) is 1.92. The molecule has 0 amide bonds. The zero-order chi connectivity index (χ0) is 12.3. The fourth-order valence-corrected chi connectivity index (χ4v) is 2.00. The van der Waals surface area contributed by atoms with Crippen molar-refractivity contribution in [2.75, 3.05) is 7.05 Å². The van der Waals surface area contributed by atoms with Gasteiger partial charge in [0.2, 0.25) is 0 Å². The third kappa shape index (κ3) is 2.71. The zero-order valence-corrected chi connectivity index (χ0v) is 10.00. The second kappa shape index (κ2) is 5.10. The third-order valence-electron chi connectivity index (χ3n) is 2.91. The molecule has 0 aliphatic heterocycles. The van der Waals surface area contributed by atoms with Gasteiger partial charge in [0.25, 0.3) is 0 Å². The topological polar surface area (TPSA) is 40.7 Å². The molecule has 0 aliphatic rings. The summed E-state index contributed by atoms with van der Waals surface area (Å²) >= 11 is 0. The molecule has 3 nitrogen and oxygen atoms in total. The van der Waals surface area contributed by atoms with Gasteiger partial charge in [0, 0.05) is 24.9 Å². The van der Waals surface area contributed by atoms with Crippen LogP contribution >= 0.6 is 0 Å². The second-order valence-corrected chi connectivity index (χ2v) is 4.08. The van der Waals surface area contributed by atoms with E-state index in [1.54, 1.807) is 18.5 Å². The lowest BCUT2D eigenvalue weighted by atomic mass is 9.98. The van der Waals surface area contributed by atoms with Crippen LogP contribution in [-0.4, -0.2) is 17.0 Å². The maximum Gasteiger partial charge on any atom is 0.123 e. The van der Waals surface area contributed by atoms with E-state index in [1.807, 2.05) is 20.0 Å². The Kier molecular flexibility index (Phi) is 3.54. The molecule has 1 aromatic carbocycles. The van der Waals surface area contributed by atoms with Gasteiger partial charge < -0.3 is 10.3 Å². The number of halogens is 1. The number of likely N-dealkylation sites (N-methyl/N-ethyl adjacent to an activating group) is 1. The summed E-state index contributed by atoms with van der Waals surface area (Å²) < 4.78 is 13.1. The minimum atomic E-state index is -0.195. The van der Waals surface area contributed by atoms with Gasteiger partial charge in [0.05, 0.1) is 0 Å². The fourth-order valence-electron chi connectivity index (χ4n) is 2.00. The molecule has 2 N–H and O–H groups in total. The highest BCUT2D eigenvalue weighted by molar-refractivity contribution is 5.30. The molecule has 0 aliphatic carbocycles. The van der Waals surface area contributed by atoms with Crippen molar-refractivity contribution in [1.29, 1.82) is 0 Å². The van der Waals surface area contributed by atoms with E-state index in [4.69, 9.17) is 0 Å². The molecule has 2 aromatic rings. The predicted molar refractivity (Wildman–Crippen MR) is 65.2 cm³/mol. The van der Waals surface area contributed by atoms with Crippen molar-refractivity contribution < 1.29 is 4.39 Å². The maximum absolute atomic E-state index is 13.1. The van der Waals surface area contributed by atoms with Gasteiger partial charge in [0.15, 0.2) is 0 Å². The van der Waals surface area contributed by atoms with Gasteiger partial charge in [-0.25, -0.2) is 9.37 Å². The van der Waals surface area contributed by atoms with Crippen molar-refractivity contribution in [3.63, 3.8) is 0 Å². The van der Waals surface area contributed by atoms with Crippen LogP contribution in [0, 0.1) is 12.7 Å². The van der Waals surface area contributed by atoms with E-state index >= 15 is 0 Å². The SMILES string of the molecule is CNC(Cc1ncc[nH]1)c1ccc(F)cc1C. The van der Waals surface area contributed by atoms with Gasteiger partial charge >= 0.3 is 0 Å². The first-order valence-electron chi connectivity index (χ1n) is 5.62. The van der Waals surface area contributed by atoms with Crippen LogP contribution in [-0.2, 0) is 6.42 Å². The molecule has 1 atom stereocenters. The van der Waals surface area contributed by atoms with Gasteiger partial charge in [-0.05, 0) is 37.2 Å². The average Bonchev–Trinajstić information content (AvgIpc) is 2.79. The van der Waals surface area contributed by atoms with E-state index in [0.717, 1.165) is 23.4 Å². The maximum atomic E-state index is 13.1. The first-order chi connectivity index (χ1) is 8.20. The zero-order valence-electron chi connectivity index (χ0n) is 10.00. The normalized spacial score (nSPS) is 12.6. The molecule has 1 heterocycles.